The summed E-state index contributed by atoms with van der Waals surface area (Å²) >= 11 is 0. The lowest BCUT2D eigenvalue weighted by Gasteiger charge is -2.51. The number of hydrogen-bond acceptors (Lipinski definition) is 3. The average molecular weight is 377 g/mol. The molecule has 1 N–H and O–H groups in total. The largest absolute Gasteiger partial charge is 0.359 e. The Morgan fingerprint density at radius 3 is 2.59 bits per heavy atom. The molecule has 4 aliphatic heterocycles. The van der Waals surface area contributed by atoms with Gasteiger partial charge >= 0.3 is 0 Å². The van der Waals surface area contributed by atoms with E-state index >= 15 is 0 Å². The summed E-state index contributed by atoms with van der Waals surface area (Å²) in [5.41, 5.74) is 0.360. The predicted octanol–water partition coefficient (Wildman–Crippen LogP) is 1.88. The molecule has 146 valence electrons. The van der Waals surface area contributed by atoms with E-state index in [9.17, 15) is 18.4 Å². The fourth-order valence-corrected chi connectivity index (χ4v) is 5.27. The van der Waals surface area contributed by atoms with E-state index in [0.29, 0.717) is 18.0 Å². The van der Waals surface area contributed by atoms with Crippen molar-refractivity contribution < 1.29 is 18.4 Å². The van der Waals surface area contributed by atoms with E-state index in [-0.39, 0.29) is 42.7 Å². The Morgan fingerprint density at radius 2 is 1.89 bits per heavy atom. The number of halogens is 2. The first-order valence-electron chi connectivity index (χ1n) is 9.69. The molecule has 4 fully saturated rings. The molecule has 5 rings (SSSR count). The second kappa shape index (κ2) is 7.19. The molecule has 1 aromatic carbocycles. The van der Waals surface area contributed by atoms with Gasteiger partial charge in [-0.25, -0.2) is 8.78 Å². The molecule has 27 heavy (non-hydrogen) atoms. The summed E-state index contributed by atoms with van der Waals surface area (Å²) in [4.78, 5) is 28.6. The minimum absolute atomic E-state index is 0.0253. The Labute approximate surface area is 157 Å². The smallest absolute Gasteiger partial charge is 0.223 e. The highest BCUT2D eigenvalue weighted by Gasteiger charge is 2.55. The Hall–Kier alpha value is -2.02. The number of carbonyl (C=O) groups is 2. The summed E-state index contributed by atoms with van der Waals surface area (Å²) < 4.78 is 28.4. The van der Waals surface area contributed by atoms with Crippen LogP contribution >= 0.6 is 0 Å². The van der Waals surface area contributed by atoms with E-state index in [2.05, 4.69) is 10.2 Å². The third-order valence-electron chi connectivity index (χ3n) is 6.54. The number of fused-ring (bicyclic) bond motifs is 2. The summed E-state index contributed by atoms with van der Waals surface area (Å²) in [6, 6.07) is 4.36. The van der Waals surface area contributed by atoms with Gasteiger partial charge in [0.25, 0.3) is 0 Å². The highest BCUT2D eigenvalue weighted by atomic mass is 19.2. The number of carbonyl (C=O) groups excluding carboxylic acids is 2. The quantitative estimate of drug-likeness (QED) is 0.872. The molecule has 2 amide bonds. The molecule has 4 aliphatic rings. The van der Waals surface area contributed by atoms with Crippen molar-refractivity contribution in [1.29, 1.82) is 0 Å². The number of piperidine rings is 3. The van der Waals surface area contributed by atoms with E-state index in [4.69, 9.17) is 0 Å². The Morgan fingerprint density at radius 1 is 1.15 bits per heavy atom. The first-order valence-corrected chi connectivity index (χ1v) is 9.69. The summed E-state index contributed by atoms with van der Waals surface area (Å²) in [5.74, 6) is -1.72. The molecule has 0 aromatic heterocycles. The van der Waals surface area contributed by atoms with E-state index in [1.807, 2.05) is 4.90 Å². The highest BCUT2D eigenvalue weighted by molar-refractivity contribution is 5.84. The van der Waals surface area contributed by atoms with Gasteiger partial charge < -0.3 is 10.2 Å². The topological polar surface area (TPSA) is 52.7 Å². The third kappa shape index (κ3) is 3.12. The van der Waals surface area contributed by atoms with E-state index in [0.717, 1.165) is 32.0 Å². The molecule has 0 unspecified atom stereocenters. The number of nitrogens with one attached hydrogen (secondary N) is 1. The Balaban J connectivity index is 1.63. The maximum absolute atomic E-state index is 14.5. The molecule has 3 atom stereocenters. The fraction of sp³-hybridized carbons (Fsp3) is 0.600. The maximum Gasteiger partial charge on any atom is 0.223 e. The molecule has 0 spiro atoms. The number of benzene rings is 1. The van der Waals surface area contributed by atoms with Gasteiger partial charge in [-0.3, -0.25) is 14.5 Å². The standard InChI is InChI=1S/C20H25F2N3O2/c1-23-16(26)5-6-17(27)25-11-14(13-3-2-4-15(21)18(13)22)20-19(25)12-7-9-24(20)10-8-12/h2-4,12,14,19-20H,5-11H2,1H3,(H,23,26)/t14-,19+,20+/m0/s1. The van der Waals surface area contributed by atoms with Crippen molar-refractivity contribution in [2.75, 3.05) is 26.7 Å². The van der Waals surface area contributed by atoms with Crippen LogP contribution in [-0.2, 0) is 9.59 Å². The van der Waals surface area contributed by atoms with Crippen LogP contribution in [0.25, 0.3) is 0 Å². The molecule has 0 aliphatic carbocycles. The Bertz CT molecular complexity index is 749. The van der Waals surface area contributed by atoms with Crippen LogP contribution in [0.5, 0.6) is 0 Å². The number of amides is 2. The summed E-state index contributed by atoms with van der Waals surface area (Å²) in [7, 11) is 1.55. The second-order valence-electron chi connectivity index (χ2n) is 7.82. The third-order valence-corrected chi connectivity index (χ3v) is 6.54. The minimum Gasteiger partial charge on any atom is -0.359 e. The zero-order valence-electron chi connectivity index (χ0n) is 15.5. The molecule has 0 saturated carbocycles. The van der Waals surface area contributed by atoms with Crippen LogP contribution in [0.3, 0.4) is 0 Å². The van der Waals surface area contributed by atoms with Crippen molar-refractivity contribution in [3.05, 3.63) is 35.4 Å². The molecule has 4 heterocycles. The van der Waals surface area contributed by atoms with Gasteiger partial charge in [0, 0.05) is 38.4 Å². The number of rotatable bonds is 4. The maximum atomic E-state index is 14.5. The zero-order chi connectivity index (χ0) is 19.1. The molecule has 0 radical (unpaired) electrons. The van der Waals surface area contributed by atoms with Crippen LogP contribution in [-0.4, -0.2) is 60.4 Å². The first-order chi connectivity index (χ1) is 13.0. The normalized spacial score (nSPS) is 31.7. The van der Waals surface area contributed by atoms with Crippen molar-refractivity contribution in [2.45, 2.75) is 43.7 Å². The molecule has 1 aromatic rings. The highest BCUT2D eigenvalue weighted by Crippen LogP contribution is 2.47. The average Bonchev–Trinajstić information content (AvgIpc) is 3.11. The van der Waals surface area contributed by atoms with Crippen LogP contribution in [0.4, 0.5) is 8.78 Å². The summed E-state index contributed by atoms with van der Waals surface area (Å²) in [6.45, 7) is 2.27. The summed E-state index contributed by atoms with van der Waals surface area (Å²) in [5, 5.41) is 2.53. The monoisotopic (exact) mass is 377 g/mol. The van der Waals surface area contributed by atoms with Crippen LogP contribution in [0.1, 0.15) is 37.2 Å². The lowest BCUT2D eigenvalue weighted by molar-refractivity contribution is -0.137. The fourth-order valence-electron chi connectivity index (χ4n) is 5.27. The van der Waals surface area contributed by atoms with E-state index in [1.54, 1.807) is 13.1 Å². The van der Waals surface area contributed by atoms with E-state index < -0.39 is 11.6 Å². The van der Waals surface area contributed by atoms with Crippen LogP contribution in [0.2, 0.25) is 0 Å². The van der Waals surface area contributed by atoms with Gasteiger partial charge in [-0.2, -0.15) is 0 Å². The van der Waals surface area contributed by atoms with Crippen molar-refractivity contribution in [3.63, 3.8) is 0 Å². The van der Waals surface area contributed by atoms with Gasteiger partial charge in [0.1, 0.15) is 0 Å². The lowest BCUT2D eigenvalue weighted by atomic mass is 9.75. The number of hydrogen-bond donors (Lipinski definition) is 1. The van der Waals surface area contributed by atoms with Crippen molar-refractivity contribution in [2.24, 2.45) is 5.92 Å². The number of nitrogens with zero attached hydrogens (tertiary/aromatic N) is 2. The van der Waals surface area contributed by atoms with E-state index in [1.165, 1.54) is 6.07 Å². The van der Waals surface area contributed by atoms with Crippen molar-refractivity contribution in [1.82, 2.24) is 15.1 Å². The van der Waals surface area contributed by atoms with Crippen LogP contribution in [0, 0.1) is 17.6 Å². The minimum atomic E-state index is -0.843. The summed E-state index contributed by atoms with van der Waals surface area (Å²) in [6.07, 6.45) is 2.35. The van der Waals surface area contributed by atoms with Gasteiger partial charge in [-0.05, 0) is 43.5 Å². The molecular weight excluding hydrogens is 352 g/mol. The van der Waals surface area contributed by atoms with Gasteiger partial charge in [-0.15, -0.1) is 0 Å². The van der Waals surface area contributed by atoms with Gasteiger partial charge in [0.2, 0.25) is 11.8 Å². The molecule has 2 bridgehead atoms. The zero-order valence-corrected chi connectivity index (χ0v) is 15.5. The Kier molecular flexibility index (Phi) is 4.88. The van der Waals surface area contributed by atoms with Gasteiger partial charge in [-0.1, -0.05) is 12.1 Å². The molecule has 7 heteroatoms. The lowest BCUT2D eigenvalue weighted by Crippen LogP contribution is -2.60. The SMILES string of the molecule is CNC(=O)CCC(=O)N1C[C@@H](c2cccc(F)c2F)[C@@H]2[C@H]1C1CCN2CC1. The first kappa shape index (κ1) is 18.3. The van der Waals surface area contributed by atoms with Crippen molar-refractivity contribution in [3.8, 4) is 0 Å². The molecule has 4 saturated heterocycles. The number of likely N-dealkylation sites (tertiary alicyclic amines) is 1. The van der Waals surface area contributed by atoms with Crippen LogP contribution < -0.4 is 5.32 Å². The van der Waals surface area contributed by atoms with Crippen LogP contribution in [0.15, 0.2) is 18.2 Å². The van der Waals surface area contributed by atoms with Crippen molar-refractivity contribution >= 4 is 11.8 Å². The van der Waals surface area contributed by atoms with Gasteiger partial charge in [0.05, 0.1) is 6.04 Å². The van der Waals surface area contributed by atoms with Gasteiger partial charge in [0.15, 0.2) is 11.6 Å². The second-order valence-corrected chi connectivity index (χ2v) is 7.82. The molecular formula is C20H25F2N3O2. The molecule has 5 nitrogen and oxygen atoms in total. The predicted molar refractivity (Wildman–Crippen MR) is 96.0 cm³/mol.